The van der Waals surface area contributed by atoms with Crippen LogP contribution in [0.3, 0.4) is 0 Å². The second-order valence-corrected chi connectivity index (χ2v) is 6.18. The Kier molecular flexibility index (Phi) is 5.12. The van der Waals surface area contributed by atoms with Crippen LogP contribution in [0.2, 0.25) is 5.02 Å². The van der Waals surface area contributed by atoms with Crippen molar-refractivity contribution in [3.63, 3.8) is 0 Å². The van der Waals surface area contributed by atoms with E-state index in [0.29, 0.717) is 0 Å². The Morgan fingerprint density at radius 2 is 2.11 bits per heavy atom. The standard InChI is InChI=1S/C16H25ClN2/c1-4-18-10-14-9-15(17)5-6-16(14)19-8-7-12(2)13(3)11-19/h5-6,9,12-13,18H,4,7-8,10-11H2,1-3H3. The predicted molar refractivity (Wildman–Crippen MR) is 84.0 cm³/mol. The molecule has 0 spiro atoms. The number of hydrogen-bond acceptors (Lipinski definition) is 2. The molecular weight excluding hydrogens is 256 g/mol. The smallest absolute Gasteiger partial charge is 0.0412 e. The molecule has 1 aliphatic heterocycles. The van der Waals surface area contributed by atoms with Gasteiger partial charge in [-0.25, -0.2) is 0 Å². The second kappa shape index (κ2) is 6.62. The fourth-order valence-electron chi connectivity index (χ4n) is 2.75. The van der Waals surface area contributed by atoms with Crippen LogP contribution in [0.25, 0.3) is 0 Å². The Morgan fingerprint density at radius 3 is 2.79 bits per heavy atom. The first-order chi connectivity index (χ1) is 9.11. The maximum absolute atomic E-state index is 6.14. The van der Waals surface area contributed by atoms with Gasteiger partial charge in [-0.3, -0.25) is 0 Å². The first-order valence-corrected chi connectivity index (χ1v) is 7.73. The van der Waals surface area contributed by atoms with Crippen molar-refractivity contribution in [1.82, 2.24) is 5.32 Å². The highest BCUT2D eigenvalue weighted by molar-refractivity contribution is 6.30. The van der Waals surface area contributed by atoms with Crippen molar-refractivity contribution in [2.24, 2.45) is 11.8 Å². The summed E-state index contributed by atoms with van der Waals surface area (Å²) in [5.41, 5.74) is 2.67. The topological polar surface area (TPSA) is 15.3 Å². The van der Waals surface area contributed by atoms with Gasteiger partial charge in [-0.2, -0.15) is 0 Å². The summed E-state index contributed by atoms with van der Waals surface area (Å²) in [4.78, 5) is 2.52. The summed E-state index contributed by atoms with van der Waals surface area (Å²) in [6.07, 6.45) is 1.28. The van der Waals surface area contributed by atoms with Crippen LogP contribution >= 0.6 is 11.6 Å². The molecule has 2 nitrogen and oxygen atoms in total. The molecule has 1 heterocycles. The molecule has 0 saturated carbocycles. The van der Waals surface area contributed by atoms with E-state index in [4.69, 9.17) is 11.6 Å². The van der Waals surface area contributed by atoms with Crippen molar-refractivity contribution in [2.45, 2.75) is 33.7 Å². The molecule has 106 valence electrons. The van der Waals surface area contributed by atoms with Crippen LogP contribution < -0.4 is 10.2 Å². The lowest BCUT2D eigenvalue weighted by Crippen LogP contribution is -2.39. The van der Waals surface area contributed by atoms with Gasteiger partial charge in [0.25, 0.3) is 0 Å². The van der Waals surface area contributed by atoms with E-state index in [2.05, 4.69) is 43.1 Å². The van der Waals surface area contributed by atoms with Crippen molar-refractivity contribution in [2.75, 3.05) is 24.5 Å². The summed E-state index contributed by atoms with van der Waals surface area (Å²) >= 11 is 6.14. The van der Waals surface area contributed by atoms with E-state index < -0.39 is 0 Å². The summed E-state index contributed by atoms with van der Waals surface area (Å²) in [5, 5.41) is 4.23. The molecule has 1 N–H and O–H groups in total. The van der Waals surface area contributed by atoms with Gasteiger partial charge >= 0.3 is 0 Å². The Balaban J connectivity index is 2.18. The Labute approximate surface area is 122 Å². The molecule has 0 aliphatic carbocycles. The highest BCUT2D eigenvalue weighted by Gasteiger charge is 2.24. The quantitative estimate of drug-likeness (QED) is 0.899. The van der Waals surface area contributed by atoms with Gasteiger partial charge in [0.2, 0.25) is 0 Å². The third kappa shape index (κ3) is 3.64. The van der Waals surface area contributed by atoms with Crippen LogP contribution in [-0.2, 0) is 6.54 Å². The molecule has 3 heteroatoms. The number of anilines is 1. The van der Waals surface area contributed by atoms with Crippen LogP contribution in [-0.4, -0.2) is 19.6 Å². The zero-order chi connectivity index (χ0) is 13.8. The molecule has 2 atom stereocenters. The van der Waals surface area contributed by atoms with Crippen molar-refractivity contribution in [3.8, 4) is 0 Å². The number of halogens is 1. The zero-order valence-corrected chi connectivity index (χ0v) is 13.0. The van der Waals surface area contributed by atoms with E-state index in [9.17, 15) is 0 Å². The minimum atomic E-state index is 0.761. The number of hydrogen-bond donors (Lipinski definition) is 1. The predicted octanol–water partition coefficient (Wildman–Crippen LogP) is 3.93. The summed E-state index contributed by atoms with van der Waals surface area (Å²) < 4.78 is 0. The second-order valence-electron chi connectivity index (χ2n) is 5.74. The molecule has 19 heavy (non-hydrogen) atoms. The van der Waals surface area contributed by atoms with E-state index in [1.807, 2.05) is 6.07 Å². The van der Waals surface area contributed by atoms with Crippen LogP contribution in [0.5, 0.6) is 0 Å². The Hall–Kier alpha value is -0.730. The lowest BCUT2D eigenvalue weighted by atomic mass is 9.88. The molecule has 1 aromatic carbocycles. The van der Waals surface area contributed by atoms with Gasteiger partial charge in [0, 0.05) is 30.3 Å². The van der Waals surface area contributed by atoms with Crippen molar-refractivity contribution in [3.05, 3.63) is 28.8 Å². The molecule has 0 amide bonds. The fourth-order valence-corrected chi connectivity index (χ4v) is 2.94. The number of rotatable bonds is 4. The lowest BCUT2D eigenvalue weighted by molar-refractivity contribution is 0.323. The van der Waals surface area contributed by atoms with Crippen LogP contribution in [0.15, 0.2) is 18.2 Å². The van der Waals surface area contributed by atoms with Crippen molar-refractivity contribution in [1.29, 1.82) is 0 Å². The van der Waals surface area contributed by atoms with E-state index in [1.165, 1.54) is 17.7 Å². The van der Waals surface area contributed by atoms with Crippen LogP contribution in [0.4, 0.5) is 5.69 Å². The highest BCUT2D eigenvalue weighted by atomic mass is 35.5. The van der Waals surface area contributed by atoms with Gasteiger partial charge in [0.1, 0.15) is 0 Å². The average molecular weight is 281 g/mol. The number of nitrogens with zero attached hydrogens (tertiary/aromatic N) is 1. The minimum Gasteiger partial charge on any atom is -0.371 e. The number of nitrogens with one attached hydrogen (secondary N) is 1. The molecule has 0 bridgehead atoms. The normalized spacial score (nSPS) is 23.7. The van der Waals surface area contributed by atoms with Gasteiger partial charge in [0.05, 0.1) is 0 Å². The molecule has 1 aromatic rings. The number of benzene rings is 1. The average Bonchev–Trinajstić information content (AvgIpc) is 2.40. The molecular formula is C16H25ClN2. The summed E-state index contributed by atoms with van der Waals surface area (Å²) in [6.45, 7) is 11.1. The molecule has 2 unspecified atom stereocenters. The summed E-state index contributed by atoms with van der Waals surface area (Å²) in [5.74, 6) is 1.59. The summed E-state index contributed by atoms with van der Waals surface area (Å²) in [6, 6.07) is 6.29. The minimum absolute atomic E-state index is 0.761. The molecule has 2 rings (SSSR count). The van der Waals surface area contributed by atoms with E-state index in [-0.39, 0.29) is 0 Å². The van der Waals surface area contributed by atoms with Crippen LogP contribution in [0, 0.1) is 11.8 Å². The molecule has 1 saturated heterocycles. The first-order valence-electron chi connectivity index (χ1n) is 7.36. The monoisotopic (exact) mass is 280 g/mol. The Bertz CT molecular complexity index is 419. The van der Waals surface area contributed by atoms with E-state index in [1.54, 1.807) is 0 Å². The largest absolute Gasteiger partial charge is 0.371 e. The van der Waals surface area contributed by atoms with Crippen LogP contribution in [0.1, 0.15) is 32.8 Å². The molecule has 1 aliphatic rings. The maximum Gasteiger partial charge on any atom is 0.0412 e. The SMILES string of the molecule is CCNCc1cc(Cl)ccc1N1CCC(C)C(C)C1. The van der Waals surface area contributed by atoms with Crippen molar-refractivity contribution >= 4 is 17.3 Å². The molecule has 0 radical (unpaired) electrons. The Morgan fingerprint density at radius 1 is 1.32 bits per heavy atom. The van der Waals surface area contributed by atoms with Gasteiger partial charge in [-0.15, -0.1) is 0 Å². The van der Waals surface area contributed by atoms with Gasteiger partial charge in [-0.1, -0.05) is 32.4 Å². The first kappa shape index (κ1) is 14.7. The van der Waals surface area contributed by atoms with Gasteiger partial charge in [0.15, 0.2) is 0 Å². The maximum atomic E-state index is 6.14. The lowest BCUT2D eigenvalue weighted by Gasteiger charge is -2.38. The number of piperidine rings is 1. The third-order valence-corrected chi connectivity index (χ3v) is 4.52. The van der Waals surface area contributed by atoms with Crippen molar-refractivity contribution < 1.29 is 0 Å². The zero-order valence-electron chi connectivity index (χ0n) is 12.2. The van der Waals surface area contributed by atoms with Gasteiger partial charge < -0.3 is 10.2 Å². The molecule has 1 fully saturated rings. The van der Waals surface area contributed by atoms with E-state index >= 15 is 0 Å². The van der Waals surface area contributed by atoms with E-state index in [0.717, 1.165) is 43.0 Å². The fraction of sp³-hybridized carbons (Fsp3) is 0.625. The molecule has 0 aromatic heterocycles. The summed E-state index contributed by atoms with van der Waals surface area (Å²) in [7, 11) is 0. The highest BCUT2D eigenvalue weighted by Crippen LogP contribution is 2.30. The third-order valence-electron chi connectivity index (χ3n) is 4.28. The van der Waals surface area contributed by atoms with Gasteiger partial charge in [-0.05, 0) is 48.6 Å².